The van der Waals surface area contributed by atoms with Crippen LogP contribution >= 0.6 is 0 Å². The Morgan fingerprint density at radius 2 is 2.04 bits per heavy atom. The summed E-state index contributed by atoms with van der Waals surface area (Å²) in [5.74, 6) is 1.23. The number of aromatic nitrogens is 2. The fourth-order valence-corrected chi connectivity index (χ4v) is 2.66. The van der Waals surface area contributed by atoms with Crippen molar-refractivity contribution in [2.45, 2.75) is 13.0 Å². The third-order valence-electron chi connectivity index (χ3n) is 3.91. The van der Waals surface area contributed by atoms with Crippen LogP contribution < -0.4 is 14.8 Å². The summed E-state index contributed by atoms with van der Waals surface area (Å²) in [4.78, 5) is 16.9. The molecule has 3 aromatic rings. The van der Waals surface area contributed by atoms with Gasteiger partial charge < -0.3 is 14.8 Å². The maximum Gasteiger partial charge on any atom is 0.268 e. The molecule has 3 rings (SSSR count). The first-order valence-electron chi connectivity index (χ1n) is 7.59. The van der Waals surface area contributed by atoms with Crippen LogP contribution in [0, 0.1) is 0 Å². The molecule has 0 aliphatic rings. The minimum absolute atomic E-state index is 0.184. The number of hydrogen-bond donors (Lipinski definition) is 1. The van der Waals surface area contributed by atoms with Crippen molar-refractivity contribution in [2.24, 2.45) is 0 Å². The Labute approximate surface area is 140 Å². The summed E-state index contributed by atoms with van der Waals surface area (Å²) in [6, 6.07) is 10.7. The molecule has 0 aliphatic heterocycles. The number of amides is 1. The Balaban J connectivity index is 1.88. The summed E-state index contributed by atoms with van der Waals surface area (Å²) in [7, 11) is 3.21. The van der Waals surface area contributed by atoms with Crippen LogP contribution in [-0.4, -0.2) is 29.5 Å². The monoisotopic (exact) mass is 325 g/mol. The average Bonchev–Trinajstić information content (AvgIpc) is 3.09. The molecule has 0 bridgehead atoms. The second kappa shape index (κ2) is 6.62. The topological polar surface area (TPSA) is 64.9 Å². The van der Waals surface area contributed by atoms with Crippen molar-refractivity contribution in [1.82, 2.24) is 14.7 Å². The number of nitrogens with zero attached hydrogens (tertiary/aromatic N) is 2. The van der Waals surface area contributed by atoms with E-state index in [1.54, 1.807) is 37.1 Å². The van der Waals surface area contributed by atoms with E-state index in [0.717, 1.165) is 11.2 Å². The van der Waals surface area contributed by atoms with Crippen LogP contribution in [0.1, 0.15) is 29.0 Å². The van der Waals surface area contributed by atoms with E-state index in [0.29, 0.717) is 17.2 Å². The smallest absolute Gasteiger partial charge is 0.268 e. The van der Waals surface area contributed by atoms with E-state index in [2.05, 4.69) is 10.3 Å². The zero-order valence-electron chi connectivity index (χ0n) is 13.8. The molecule has 0 saturated heterocycles. The number of hydrogen-bond acceptors (Lipinski definition) is 4. The van der Waals surface area contributed by atoms with Crippen molar-refractivity contribution < 1.29 is 14.3 Å². The van der Waals surface area contributed by atoms with Crippen molar-refractivity contribution >= 4 is 11.6 Å². The van der Waals surface area contributed by atoms with Gasteiger partial charge in [-0.25, -0.2) is 4.98 Å². The van der Waals surface area contributed by atoms with Crippen molar-refractivity contribution in [3.8, 4) is 11.5 Å². The third-order valence-corrected chi connectivity index (χ3v) is 3.91. The number of nitrogens with one attached hydrogen (secondary N) is 1. The molecule has 0 aliphatic carbocycles. The summed E-state index contributed by atoms with van der Waals surface area (Å²) in [6.45, 7) is 1.91. The average molecular weight is 325 g/mol. The molecule has 2 heterocycles. The number of methoxy groups -OCH3 is 2. The summed E-state index contributed by atoms with van der Waals surface area (Å²) >= 11 is 0. The highest BCUT2D eigenvalue weighted by atomic mass is 16.5. The van der Waals surface area contributed by atoms with E-state index < -0.39 is 0 Å². The van der Waals surface area contributed by atoms with Crippen LogP contribution in [0.25, 0.3) is 5.65 Å². The molecule has 6 heteroatoms. The fraction of sp³-hybridized carbons (Fsp3) is 0.222. The van der Waals surface area contributed by atoms with Gasteiger partial charge in [0.05, 0.1) is 20.3 Å². The van der Waals surface area contributed by atoms with Gasteiger partial charge in [0.15, 0.2) is 0 Å². The summed E-state index contributed by atoms with van der Waals surface area (Å²) in [6.07, 6.45) is 3.43. The van der Waals surface area contributed by atoms with Crippen LogP contribution in [0.15, 0.2) is 48.8 Å². The molecule has 1 atom stereocenters. The van der Waals surface area contributed by atoms with Gasteiger partial charge in [0, 0.05) is 18.0 Å². The van der Waals surface area contributed by atoms with Crippen LogP contribution in [0.2, 0.25) is 0 Å². The predicted octanol–water partition coefficient (Wildman–Crippen LogP) is 2.84. The molecule has 2 aromatic heterocycles. The third kappa shape index (κ3) is 2.90. The zero-order valence-corrected chi connectivity index (χ0v) is 13.8. The molecular weight excluding hydrogens is 306 g/mol. The lowest BCUT2D eigenvalue weighted by Crippen LogP contribution is -2.28. The number of rotatable bonds is 5. The molecule has 0 fully saturated rings. The number of pyridine rings is 1. The molecule has 1 aromatic carbocycles. The highest BCUT2D eigenvalue weighted by Crippen LogP contribution is 2.29. The Kier molecular flexibility index (Phi) is 4.37. The van der Waals surface area contributed by atoms with Gasteiger partial charge in [0.25, 0.3) is 5.91 Å². The minimum atomic E-state index is -0.249. The van der Waals surface area contributed by atoms with E-state index in [4.69, 9.17) is 9.47 Å². The first kappa shape index (κ1) is 15.9. The SMILES string of the molecule is COc1ccc(OC)c([C@@H](C)NC(=O)c2cccc3nccn23)c1. The van der Waals surface area contributed by atoms with Gasteiger partial charge in [-0.05, 0) is 37.3 Å². The van der Waals surface area contributed by atoms with E-state index in [1.165, 1.54) is 0 Å². The molecule has 0 spiro atoms. The van der Waals surface area contributed by atoms with E-state index in [1.807, 2.05) is 37.3 Å². The Morgan fingerprint density at radius 1 is 1.21 bits per heavy atom. The molecular formula is C18H19N3O3. The number of carbonyl (C=O) groups excluding carboxylic acids is 1. The van der Waals surface area contributed by atoms with Gasteiger partial charge in [-0.3, -0.25) is 9.20 Å². The highest BCUT2D eigenvalue weighted by Gasteiger charge is 2.17. The van der Waals surface area contributed by atoms with Crippen molar-refractivity contribution in [3.63, 3.8) is 0 Å². The minimum Gasteiger partial charge on any atom is -0.497 e. The lowest BCUT2D eigenvalue weighted by Gasteiger charge is -2.18. The van der Waals surface area contributed by atoms with E-state index in [9.17, 15) is 4.79 Å². The Hall–Kier alpha value is -3.02. The van der Waals surface area contributed by atoms with Crippen LogP contribution in [0.5, 0.6) is 11.5 Å². The number of fused-ring (bicyclic) bond motifs is 1. The quantitative estimate of drug-likeness (QED) is 0.783. The highest BCUT2D eigenvalue weighted by molar-refractivity contribution is 5.93. The van der Waals surface area contributed by atoms with Crippen LogP contribution in [-0.2, 0) is 0 Å². The molecule has 0 saturated carbocycles. The van der Waals surface area contributed by atoms with Crippen molar-refractivity contribution in [1.29, 1.82) is 0 Å². The van der Waals surface area contributed by atoms with E-state index in [-0.39, 0.29) is 11.9 Å². The zero-order chi connectivity index (χ0) is 17.1. The normalized spacial score (nSPS) is 12.0. The molecule has 0 radical (unpaired) electrons. The lowest BCUT2D eigenvalue weighted by atomic mass is 10.1. The second-order valence-electron chi connectivity index (χ2n) is 5.37. The van der Waals surface area contributed by atoms with Gasteiger partial charge in [0.2, 0.25) is 0 Å². The largest absolute Gasteiger partial charge is 0.497 e. The molecule has 1 N–H and O–H groups in total. The summed E-state index contributed by atoms with van der Waals surface area (Å²) in [5.41, 5.74) is 2.11. The van der Waals surface area contributed by atoms with Gasteiger partial charge in [-0.2, -0.15) is 0 Å². The van der Waals surface area contributed by atoms with Crippen molar-refractivity contribution in [2.75, 3.05) is 14.2 Å². The van der Waals surface area contributed by atoms with E-state index >= 15 is 0 Å². The van der Waals surface area contributed by atoms with Gasteiger partial charge in [0.1, 0.15) is 22.8 Å². The molecule has 1 amide bonds. The maximum absolute atomic E-state index is 12.7. The van der Waals surface area contributed by atoms with Crippen LogP contribution in [0.4, 0.5) is 0 Å². The molecule has 24 heavy (non-hydrogen) atoms. The van der Waals surface area contributed by atoms with Gasteiger partial charge in [-0.15, -0.1) is 0 Å². The van der Waals surface area contributed by atoms with Crippen molar-refractivity contribution in [3.05, 3.63) is 60.0 Å². The Bertz CT molecular complexity index is 873. The van der Waals surface area contributed by atoms with Gasteiger partial charge >= 0.3 is 0 Å². The second-order valence-corrected chi connectivity index (χ2v) is 5.37. The summed E-state index contributed by atoms with van der Waals surface area (Å²) in [5, 5.41) is 3.00. The predicted molar refractivity (Wildman–Crippen MR) is 90.6 cm³/mol. The van der Waals surface area contributed by atoms with Crippen LogP contribution in [0.3, 0.4) is 0 Å². The van der Waals surface area contributed by atoms with Gasteiger partial charge in [-0.1, -0.05) is 6.07 Å². The standard InChI is InChI=1S/C18H19N3O3/c1-12(14-11-13(23-2)7-8-16(14)24-3)20-18(22)15-5-4-6-17-19-9-10-21(15)17/h4-12H,1-3H3,(H,20,22)/t12-/m1/s1. The first-order chi connectivity index (χ1) is 11.6. The number of benzene rings is 1. The number of imidazole rings is 1. The Morgan fingerprint density at radius 3 is 2.79 bits per heavy atom. The molecule has 0 unspecified atom stereocenters. The molecule has 6 nitrogen and oxygen atoms in total. The fourth-order valence-electron chi connectivity index (χ4n) is 2.66. The summed E-state index contributed by atoms with van der Waals surface area (Å²) < 4.78 is 12.4. The first-order valence-corrected chi connectivity index (χ1v) is 7.59. The number of carbonyl (C=O) groups is 1. The maximum atomic E-state index is 12.7. The number of ether oxygens (including phenoxy) is 2. The molecule has 124 valence electrons. The lowest BCUT2D eigenvalue weighted by molar-refractivity contribution is 0.0933.